The molecule has 0 aliphatic carbocycles. The maximum absolute atomic E-state index is 10.6. The summed E-state index contributed by atoms with van der Waals surface area (Å²) >= 11 is 0. The topological polar surface area (TPSA) is 83.8 Å². The number of ether oxygens (including phenoxy) is 1. The molecule has 0 aromatic carbocycles. The van der Waals surface area contributed by atoms with Crippen LogP contribution in [0.25, 0.3) is 0 Å². The molecule has 0 amide bonds. The third-order valence-electron chi connectivity index (χ3n) is 1.71. The smallest absolute Gasteiger partial charge is 0.332 e. The van der Waals surface area contributed by atoms with Gasteiger partial charge in [-0.1, -0.05) is 13.3 Å². The van der Waals surface area contributed by atoms with E-state index in [1.54, 1.807) is 0 Å². The van der Waals surface area contributed by atoms with Gasteiger partial charge in [-0.05, 0) is 12.8 Å². The Labute approximate surface area is 82.7 Å². The summed E-state index contributed by atoms with van der Waals surface area (Å²) in [7, 11) is 0. The van der Waals surface area contributed by atoms with E-state index >= 15 is 0 Å². The summed E-state index contributed by atoms with van der Waals surface area (Å²) in [5.74, 6) is -2.10. The van der Waals surface area contributed by atoms with Crippen LogP contribution in [0, 0.1) is 0 Å². The van der Waals surface area contributed by atoms with E-state index in [0.29, 0.717) is 6.61 Å². The van der Waals surface area contributed by atoms with Crippen LogP contribution in [-0.2, 0) is 14.3 Å². The molecule has 14 heavy (non-hydrogen) atoms. The summed E-state index contributed by atoms with van der Waals surface area (Å²) in [4.78, 5) is 20.8. The normalized spacial score (nSPS) is 12.4. The molecule has 0 radical (unpaired) electrons. The van der Waals surface area contributed by atoms with E-state index in [1.165, 1.54) is 0 Å². The number of hydrogen-bond acceptors (Lipinski definition) is 3. The largest absolute Gasteiger partial charge is 0.481 e. The van der Waals surface area contributed by atoms with Gasteiger partial charge in [-0.25, -0.2) is 4.79 Å². The molecule has 0 saturated carbocycles. The third-order valence-corrected chi connectivity index (χ3v) is 1.71. The van der Waals surface area contributed by atoms with Crippen molar-refractivity contribution in [1.82, 2.24) is 0 Å². The van der Waals surface area contributed by atoms with Crippen molar-refractivity contribution >= 4 is 11.9 Å². The van der Waals surface area contributed by atoms with Crippen molar-refractivity contribution in [1.29, 1.82) is 0 Å². The van der Waals surface area contributed by atoms with Gasteiger partial charge >= 0.3 is 11.9 Å². The molecule has 0 spiro atoms. The Balaban J connectivity index is 3.78. The molecule has 5 heteroatoms. The molecule has 0 heterocycles. The molecule has 0 bridgehead atoms. The second-order valence-corrected chi connectivity index (χ2v) is 2.98. The van der Waals surface area contributed by atoms with Gasteiger partial charge < -0.3 is 14.9 Å². The van der Waals surface area contributed by atoms with Crippen molar-refractivity contribution in [2.24, 2.45) is 0 Å². The Morgan fingerprint density at radius 2 is 2.00 bits per heavy atom. The van der Waals surface area contributed by atoms with Crippen molar-refractivity contribution in [2.75, 3.05) is 6.61 Å². The molecule has 0 aliphatic rings. The van der Waals surface area contributed by atoms with Crippen LogP contribution in [0.3, 0.4) is 0 Å². The molecule has 0 fully saturated rings. The standard InChI is InChI=1S/C9H16O5/c1-2-3-6-14-7(9(12)13)4-5-8(10)11/h7H,2-6H2,1H3,(H,10,11)(H,12,13). The van der Waals surface area contributed by atoms with E-state index in [2.05, 4.69) is 0 Å². The molecule has 5 nitrogen and oxygen atoms in total. The minimum absolute atomic E-state index is 0.0222. The van der Waals surface area contributed by atoms with Gasteiger partial charge in [-0.3, -0.25) is 4.79 Å². The number of aliphatic carboxylic acids is 2. The van der Waals surface area contributed by atoms with Gasteiger partial charge in [0.2, 0.25) is 0 Å². The fourth-order valence-corrected chi connectivity index (χ4v) is 0.903. The molecule has 1 unspecified atom stereocenters. The van der Waals surface area contributed by atoms with Gasteiger partial charge in [0.15, 0.2) is 6.10 Å². The van der Waals surface area contributed by atoms with Crippen molar-refractivity contribution in [3.63, 3.8) is 0 Å². The van der Waals surface area contributed by atoms with E-state index in [0.717, 1.165) is 12.8 Å². The maximum Gasteiger partial charge on any atom is 0.332 e. The van der Waals surface area contributed by atoms with E-state index in [-0.39, 0.29) is 12.8 Å². The summed E-state index contributed by atoms with van der Waals surface area (Å²) in [6.45, 7) is 2.34. The number of carboxylic acids is 2. The molecule has 1 atom stereocenters. The molecule has 0 rings (SSSR count). The summed E-state index contributed by atoms with van der Waals surface area (Å²) in [5, 5.41) is 17.0. The zero-order chi connectivity index (χ0) is 11.0. The number of carboxylic acid groups (broad SMARTS) is 2. The summed E-state index contributed by atoms with van der Waals surface area (Å²) in [5.41, 5.74) is 0. The predicted molar refractivity (Wildman–Crippen MR) is 49.2 cm³/mol. The van der Waals surface area contributed by atoms with Gasteiger partial charge in [0, 0.05) is 13.0 Å². The lowest BCUT2D eigenvalue weighted by molar-refractivity contribution is -0.151. The first-order chi connectivity index (χ1) is 6.57. The van der Waals surface area contributed by atoms with E-state index < -0.39 is 18.0 Å². The van der Waals surface area contributed by atoms with Gasteiger partial charge in [-0.2, -0.15) is 0 Å². The highest BCUT2D eigenvalue weighted by molar-refractivity contribution is 5.74. The Morgan fingerprint density at radius 3 is 2.43 bits per heavy atom. The predicted octanol–water partition coefficient (Wildman–Crippen LogP) is 1.12. The van der Waals surface area contributed by atoms with Crippen molar-refractivity contribution in [3.05, 3.63) is 0 Å². The zero-order valence-electron chi connectivity index (χ0n) is 8.23. The molecule has 0 saturated heterocycles. The van der Waals surface area contributed by atoms with Crippen molar-refractivity contribution < 1.29 is 24.5 Å². The van der Waals surface area contributed by atoms with E-state index in [4.69, 9.17) is 14.9 Å². The fraction of sp³-hybridized carbons (Fsp3) is 0.778. The van der Waals surface area contributed by atoms with Gasteiger partial charge in [0.25, 0.3) is 0 Å². The Kier molecular flexibility index (Phi) is 6.74. The SMILES string of the molecule is CCCCOC(CCC(=O)O)C(=O)O. The number of carbonyl (C=O) groups is 2. The first kappa shape index (κ1) is 12.9. The Morgan fingerprint density at radius 1 is 1.36 bits per heavy atom. The van der Waals surface area contributed by atoms with Crippen molar-refractivity contribution in [3.8, 4) is 0 Å². The van der Waals surface area contributed by atoms with Crippen LogP contribution in [0.1, 0.15) is 32.6 Å². The third kappa shape index (κ3) is 6.42. The molecule has 82 valence electrons. The molecular weight excluding hydrogens is 188 g/mol. The molecule has 0 aromatic rings. The lowest BCUT2D eigenvalue weighted by Crippen LogP contribution is -2.25. The molecule has 0 aliphatic heterocycles. The quantitative estimate of drug-likeness (QED) is 0.579. The maximum atomic E-state index is 10.6. The van der Waals surface area contributed by atoms with Crippen LogP contribution < -0.4 is 0 Å². The van der Waals surface area contributed by atoms with Gasteiger partial charge in [0.05, 0.1) is 0 Å². The summed E-state index contributed by atoms with van der Waals surface area (Å²) < 4.78 is 5.03. The lowest BCUT2D eigenvalue weighted by Gasteiger charge is -2.11. The first-order valence-electron chi connectivity index (χ1n) is 4.64. The lowest BCUT2D eigenvalue weighted by atomic mass is 10.2. The van der Waals surface area contributed by atoms with Gasteiger partial charge in [-0.15, -0.1) is 0 Å². The van der Waals surface area contributed by atoms with Crippen LogP contribution in [0.4, 0.5) is 0 Å². The zero-order valence-corrected chi connectivity index (χ0v) is 8.23. The van der Waals surface area contributed by atoms with Crippen molar-refractivity contribution in [2.45, 2.75) is 38.7 Å². The second-order valence-electron chi connectivity index (χ2n) is 2.98. The number of rotatable bonds is 8. The van der Waals surface area contributed by atoms with Crippen LogP contribution in [0.2, 0.25) is 0 Å². The molecular formula is C9H16O5. The Bertz CT molecular complexity index is 190. The van der Waals surface area contributed by atoms with Crippen LogP contribution >= 0.6 is 0 Å². The van der Waals surface area contributed by atoms with E-state index in [9.17, 15) is 9.59 Å². The summed E-state index contributed by atoms with van der Waals surface area (Å²) in [6, 6.07) is 0. The highest BCUT2D eigenvalue weighted by Crippen LogP contribution is 2.04. The second kappa shape index (κ2) is 7.32. The number of unbranched alkanes of at least 4 members (excludes halogenated alkanes) is 1. The minimum atomic E-state index is -1.10. The van der Waals surface area contributed by atoms with Crippen LogP contribution in [0.15, 0.2) is 0 Å². The highest BCUT2D eigenvalue weighted by atomic mass is 16.5. The minimum Gasteiger partial charge on any atom is -0.481 e. The van der Waals surface area contributed by atoms with Crippen LogP contribution in [0.5, 0.6) is 0 Å². The fourth-order valence-electron chi connectivity index (χ4n) is 0.903. The van der Waals surface area contributed by atoms with Crippen LogP contribution in [-0.4, -0.2) is 34.9 Å². The molecule has 2 N–H and O–H groups in total. The average molecular weight is 204 g/mol. The first-order valence-corrected chi connectivity index (χ1v) is 4.64. The van der Waals surface area contributed by atoms with Gasteiger partial charge in [0.1, 0.15) is 0 Å². The highest BCUT2D eigenvalue weighted by Gasteiger charge is 2.18. The monoisotopic (exact) mass is 204 g/mol. The number of hydrogen-bond donors (Lipinski definition) is 2. The average Bonchev–Trinajstić information content (AvgIpc) is 2.10. The van der Waals surface area contributed by atoms with E-state index in [1.807, 2.05) is 6.92 Å². The summed E-state index contributed by atoms with van der Waals surface area (Å²) in [6.07, 6.45) is 0.567. The Hall–Kier alpha value is -1.10. The molecule has 0 aromatic heterocycles.